The van der Waals surface area contributed by atoms with Crippen LogP contribution in [0.2, 0.25) is 0 Å². The van der Waals surface area contributed by atoms with Gasteiger partial charge in [0.2, 0.25) is 0 Å². The standard InChI is InChI=1S/C12H24N2/c1-12(10-13,9-11-5-6-11)14-7-3-2-4-8-14/h11H,2-10,13H2,1H3. The molecule has 1 aliphatic carbocycles. The van der Waals surface area contributed by atoms with E-state index < -0.39 is 0 Å². The summed E-state index contributed by atoms with van der Waals surface area (Å²) in [4.78, 5) is 2.65. The molecule has 2 fully saturated rings. The van der Waals surface area contributed by atoms with Gasteiger partial charge in [-0.15, -0.1) is 0 Å². The lowest BCUT2D eigenvalue weighted by Gasteiger charge is -2.43. The molecule has 1 unspecified atom stereocenters. The van der Waals surface area contributed by atoms with Gasteiger partial charge in [0.1, 0.15) is 0 Å². The van der Waals surface area contributed by atoms with Crippen molar-refractivity contribution in [3.05, 3.63) is 0 Å². The molecule has 1 aliphatic heterocycles. The third-order valence-electron chi connectivity index (χ3n) is 3.98. The van der Waals surface area contributed by atoms with Crippen molar-refractivity contribution >= 4 is 0 Å². The van der Waals surface area contributed by atoms with E-state index in [1.54, 1.807) is 0 Å². The zero-order valence-corrected chi connectivity index (χ0v) is 9.47. The first kappa shape index (κ1) is 10.4. The summed E-state index contributed by atoms with van der Waals surface area (Å²) in [5.74, 6) is 0.991. The molecule has 2 N–H and O–H groups in total. The topological polar surface area (TPSA) is 29.3 Å². The van der Waals surface area contributed by atoms with Crippen LogP contribution in [-0.4, -0.2) is 30.1 Å². The number of piperidine rings is 1. The van der Waals surface area contributed by atoms with E-state index in [4.69, 9.17) is 5.73 Å². The number of rotatable bonds is 4. The van der Waals surface area contributed by atoms with Crippen LogP contribution in [0.5, 0.6) is 0 Å². The molecule has 2 nitrogen and oxygen atoms in total. The van der Waals surface area contributed by atoms with Crippen molar-refractivity contribution in [1.82, 2.24) is 4.90 Å². The van der Waals surface area contributed by atoms with E-state index in [9.17, 15) is 0 Å². The van der Waals surface area contributed by atoms with Crippen LogP contribution in [0.15, 0.2) is 0 Å². The van der Waals surface area contributed by atoms with Gasteiger partial charge in [-0.1, -0.05) is 19.3 Å². The number of likely N-dealkylation sites (tertiary alicyclic amines) is 1. The summed E-state index contributed by atoms with van der Waals surface area (Å²) in [7, 11) is 0. The van der Waals surface area contributed by atoms with Crippen LogP contribution in [0.25, 0.3) is 0 Å². The maximum atomic E-state index is 5.97. The second-order valence-corrected chi connectivity index (χ2v) is 5.40. The molecule has 1 heterocycles. The van der Waals surface area contributed by atoms with E-state index in [1.807, 2.05) is 0 Å². The second kappa shape index (κ2) is 4.19. The van der Waals surface area contributed by atoms with Gasteiger partial charge in [0.15, 0.2) is 0 Å². The molecule has 0 aromatic carbocycles. The molecule has 0 amide bonds. The Labute approximate surface area is 87.8 Å². The normalized spacial score (nSPS) is 28.7. The Bertz CT molecular complexity index is 183. The van der Waals surface area contributed by atoms with Gasteiger partial charge >= 0.3 is 0 Å². The fourth-order valence-corrected chi connectivity index (χ4v) is 2.72. The van der Waals surface area contributed by atoms with Crippen molar-refractivity contribution in [2.24, 2.45) is 11.7 Å². The van der Waals surface area contributed by atoms with E-state index in [0.717, 1.165) is 12.5 Å². The van der Waals surface area contributed by atoms with E-state index in [-0.39, 0.29) is 0 Å². The molecule has 82 valence electrons. The average Bonchev–Trinajstić information content (AvgIpc) is 3.03. The lowest BCUT2D eigenvalue weighted by Crippen LogP contribution is -2.53. The zero-order chi connectivity index (χ0) is 10.0. The van der Waals surface area contributed by atoms with Crippen LogP contribution in [0.1, 0.15) is 45.4 Å². The Hall–Kier alpha value is -0.0800. The Balaban J connectivity index is 1.93. The van der Waals surface area contributed by atoms with Crippen LogP contribution >= 0.6 is 0 Å². The molecular formula is C12H24N2. The monoisotopic (exact) mass is 196 g/mol. The van der Waals surface area contributed by atoms with Gasteiger partial charge in [0, 0.05) is 12.1 Å². The predicted octanol–water partition coefficient (Wildman–Crippen LogP) is 1.99. The fraction of sp³-hybridized carbons (Fsp3) is 1.00. The summed E-state index contributed by atoms with van der Waals surface area (Å²) >= 11 is 0. The molecule has 0 radical (unpaired) electrons. The molecule has 1 saturated carbocycles. The lowest BCUT2D eigenvalue weighted by atomic mass is 9.90. The third kappa shape index (κ3) is 2.29. The second-order valence-electron chi connectivity index (χ2n) is 5.40. The largest absolute Gasteiger partial charge is 0.329 e. The van der Waals surface area contributed by atoms with Crippen LogP contribution in [-0.2, 0) is 0 Å². The van der Waals surface area contributed by atoms with Crippen LogP contribution in [0.4, 0.5) is 0 Å². The van der Waals surface area contributed by atoms with Gasteiger partial charge < -0.3 is 5.73 Å². The first-order chi connectivity index (χ1) is 6.74. The summed E-state index contributed by atoms with van der Waals surface area (Å²) in [6.45, 7) is 5.76. The quantitative estimate of drug-likeness (QED) is 0.745. The predicted molar refractivity (Wildman–Crippen MR) is 60.2 cm³/mol. The Morgan fingerprint density at radius 2 is 1.86 bits per heavy atom. The molecule has 0 bridgehead atoms. The van der Waals surface area contributed by atoms with Crippen molar-refractivity contribution in [3.63, 3.8) is 0 Å². The summed E-state index contributed by atoms with van der Waals surface area (Å²) in [5, 5.41) is 0. The van der Waals surface area contributed by atoms with Gasteiger partial charge in [-0.05, 0) is 45.2 Å². The number of nitrogens with two attached hydrogens (primary N) is 1. The Morgan fingerprint density at radius 1 is 1.21 bits per heavy atom. The minimum atomic E-state index is 0.307. The highest BCUT2D eigenvalue weighted by atomic mass is 15.2. The van der Waals surface area contributed by atoms with Crippen molar-refractivity contribution in [3.8, 4) is 0 Å². The molecule has 1 atom stereocenters. The number of hydrogen-bond donors (Lipinski definition) is 1. The molecule has 14 heavy (non-hydrogen) atoms. The van der Waals surface area contributed by atoms with Gasteiger partial charge in [0.25, 0.3) is 0 Å². The van der Waals surface area contributed by atoms with Crippen LogP contribution in [0, 0.1) is 5.92 Å². The first-order valence-corrected chi connectivity index (χ1v) is 6.20. The molecular weight excluding hydrogens is 172 g/mol. The maximum Gasteiger partial charge on any atom is 0.0306 e. The highest BCUT2D eigenvalue weighted by Crippen LogP contribution is 2.39. The molecule has 2 rings (SSSR count). The number of nitrogens with zero attached hydrogens (tertiary/aromatic N) is 1. The minimum absolute atomic E-state index is 0.307. The van der Waals surface area contributed by atoms with E-state index in [2.05, 4.69) is 11.8 Å². The van der Waals surface area contributed by atoms with Crippen LogP contribution in [0.3, 0.4) is 0 Å². The summed E-state index contributed by atoms with van der Waals surface area (Å²) < 4.78 is 0. The SMILES string of the molecule is CC(CN)(CC1CC1)N1CCCCC1. The molecule has 0 aromatic rings. The van der Waals surface area contributed by atoms with E-state index >= 15 is 0 Å². The maximum absolute atomic E-state index is 5.97. The highest BCUT2D eigenvalue weighted by Gasteiger charge is 2.37. The molecule has 0 spiro atoms. The minimum Gasteiger partial charge on any atom is -0.329 e. The fourth-order valence-electron chi connectivity index (χ4n) is 2.72. The van der Waals surface area contributed by atoms with E-state index in [1.165, 1.54) is 51.6 Å². The zero-order valence-electron chi connectivity index (χ0n) is 9.47. The Kier molecular flexibility index (Phi) is 3.13. The first-order valence-electron chi connectivity index (χ1n) is 6.20. The van der Waals surface area contributed by atoms with E-state index in [0.29, 0.717) is 5.54 Å². The van der Waals surface area contributed by atoms with Gasteiger partial charge in [-0.25, -0.2) is 0 Å². The molecule has 1 saturated heterocycles. The average molecular weight is 196 g/mol. The Morgan fingerprint density at radius 3 is 2.36 bits per heavy atom. The summed E-state index contributed by atoms with van der Waals surface area (Å²) in [6, 6.07) is 0. The van der Waals surface area contributed by atoms with Gasteiger partial charge in [0.05, 0.1) is 0 Å². The van der Waals surface area contributed by atoms with Crippen molar-refractivity contribution in [2.45, 2.75) is 51.0 Å². The third-order valence-corrected chi connectivity index (χ3v) is 3.98. The molecule has 2 aliphatic rings. The smallest absolute Gasteiger partial charge is 0.0306 e. The van der Waals surface area contributed by atoms with Gasteiger partial charge in [-0.2, -0.15) is 0 Å². The molecule has 0 aromatic heterocycles. The van der Waals surface area contributed by atoms with Crippen molar-refractivity contribution in [2.75, 3.05) is 19.6 Å². The number of hydrogen-bond acceptors (Lipinski definition) is 2. The van der Waals surface area contributed by atoms with Crippen molar-refractivity contribution in [1.29, 1.82) is 0 Å². The summed E-state index contributed by atoms with van der Waals surface area (Å²) in [5.41, 5.74) is 6.28. The highest BCUT2D eigenvalue weighted by molar-refractivity contribution is 4.93. The molecule has 2 heteroatoms. The van der Waals surface area contributed by atoms with Gasteiger partial charge in [-0.3, -0.25) is 4.90 Å². The van der Waals surface area contributed by atoms with Crippen LogP contribution < -0.4 is 5.73 Å². The summed E-state index contributed by atoms with van der Waals surface area (Å²) in [6.07, 6.45) is 8.40. The lowest BCUT2D eigenvalue weighted by molar-refractivity contribution is 0.0747. The van der Waals surface area contributed by atoms with Crippen molar-refractivity contribution < 1.29 is 0 Å².